The summed E-state index contributed by atoms with van der Waals surface area (Å²) in [5.41, 5.74) is 2.80. The first kappa shape index (κ1) is 17.0. The van der Waals surface area contributed by atoms with Gasteiger partial charge in [-0.15, -0.1) is 0 Å². The van der Waals surface area contributed by atoms with Crippen LogP contribution in [0.25, 0.3) is 11.2 Å². The zero-order chi connectivity index (χ0) is 19.4. The van der Waals surface area contributed by atoms with Crippen molar-refractivity contribution in [1.82, 2.24) is 24.4 Å². The lowest BCUT2D eigenvalue weighted by atomic mass is 10.1. The van der Waals surface area contributed by atoms with Gasteiger partial charge in [0.1, 0.15) is 24.2 Å². The quantitative estimate of drug-likeness (QED) is 0.678. The molecule has 2 aliphatic rings. The summed E-state index contributed by atoms with van der Waals surface area (Å²) in [6, 6.07) is 6.70. The van der Waals surface area contributed by atoms with E-state index in [0.29, 0.717) is 28.7 Å². The predicted octanol–water partition coefficient (Wildman–Crippen LogP) is 1.08. The van der Waals surface area contributed by atoms with E-state index in [9.17, 15) is 14.7 Å². The zero-order valence-electron chi connectivity index (χ0n) is 15.0. The predicted molar refractivity (Wildman–Crippen MR) is 96.4 cm³/mol. The molecule has 4 heterocycles. The summed E-state index contributed by atoms with van der Waals surface area (Å²) in [5, 5.41) is 10.5. The van der Waals surface area contributed by atoms with Gasteiger partial charge in [0, 0.05) is 6.42 Å². The minimum Gasteiger partial charge on any atom is -0.390 e. The molecule has 2 amide bonds. The second kappa shape index (κ2) is 6.18. The zero-order valence-corrected chi connectivity index (χ0v) is 15.0. The van der Waals surface area contributed by atoms with Gasteiger partial charge >= 0.3 is 0 Å². The summed E-state index contributed by atoms with van der Waals surface area (Å²) in [7, 11) is 0. The molecule has 0 saturated carbocycles. The number of imidazole rings is 1. The van der Waals surface area contributed by atoms with Crippen LogP contribution in [-0.4, -0.2) is 60.1 Å². The molecule has 1 saturated heterocycles. The van der Waals surface area contributed by atoms with Crippen molar-refractivity contribution in [1.29, 1.82) is 0 Å². The number of nitrogens with zero attached hydrogens (tertiary/aromatic N) is 5. The molecule has 9 heteroatoms. The van der Waals surface area contributed by atoms with Crippen LogP contribution in [0.4, 0.5) is 0 Å². The molecule has 0 unspecified atom stereocenters. The molecule has 2 aliphatic heterocycles. The molecule has 2 aromatic heterocycles. The summed E-state index contributed by atoms with van der Waals surface area (Å²) < 4.78 is 7.74. The average molecular weight is 379 g/mol. The lowest BCUT2D eigenvalue weighted by molar-refractivity contribution is -0.0275. The van der Waals surface area contributed by atoms with Gasteiger partial charge in [-0.3, -0.25) is 19.1 Å². The van der Waals surface area contributed by atoms with E-state index in [1.807, 2.05) is 6.92 Å². The number of benzene rings is 1. The Hall–Kier alpha value is -3.17. The molecule has 142 valence electrons. The molecule has 3 atom stereocenters. The van der Waals surface area contributed by atoms with Crippen LogP contribution in [0, 0.1) is 6.92 Å². The number of carbonyl (C=O) groups excluding carboxylic acids is 2. The van der Waals surface area contributed by atoms with E-state index >= 15 is 0 Å². The molecule has 1 fully saturated rings. The number of carbonyl (C=O) groups is 2. The minimum absolute atomic E-state index is 0.00927. The lowest BCUT2D eigenvalue weighted by Gasteiger charge is -2.21. The van der Waals surface area contributed by atoms with Gasteiger partial charge < -0.3 is 9.84 Å². The van der Waals surface area contributed by atoms with Crippen molar-refractivity contribution in [3.63, 3.8) is 0 Å². The van der Waals surface area contributed by atoms with Crippen LogP contribution in [0.3, 0.4) is 0 Å². The van der Waals surface area contributed by atoms with Gasteiger partial charge in [-0.1, -0.05) is 12.1 Å². The minimum atomic E-state index is -0.824. The van der Waals surface area contributed by atoms with Gasteiger partial charge in [0.2, 0.25) is 0 Å². The fourth-order valence-electron chi connectivity index (χ4n) is 3.81. The number of fused-ring (bicyclic) bond motifs is 2. The number of ether oxygens (including phenoxy) is 1. The Balaban J connectivity index is 1.38. The van der Waals surface area contributed by atoms with E-state index in [4.69, 9.17) is 4.74 Å². The summed E-state index contributed by atoms with van der Waals surface area (Å²) in [4.78, 5) is 39.0. The highest BCUT2D eigenvalue weighted by Gasteiger charge is 2.42. The average Bonchev–Trinajstić information content (AvgIpc) is 3.35. The molecular formula is C19H17N5O4. The van der Waals surface area contributed by atoms with E-state index in [2.05, 4.69) is 15.0 Å². The van der Waals surface area contributed by atoms with E-state index < -0.39 is 18.4 Å². The van der Waals surface area contributed by atoms with Crippen LogP contribution in [-0.2, 0) is 4.74 Å². The van der Waals surface area contributed by atoms with Gasteiger partial charge in [-0.25, -0.2) is 15.0 Å². The largest absolute Gasteiger partial charge is 0.390 e. The monoisotopic (exact) mass is 379 g/mol. The third-order valence-electron chi connectivity index (χ3n) is 5.30. The van der Waals surface area contributed by atoms with Crippen LogP contribution in [0.5, 0.6) is 0 Å². The lowest BCUT2D eigenvalue weighted by Crippen LogP contribution is -2.40. The van der Waals surface area contributed by atoms with Crippen molar-refractivity contribution in [3.8, 4) is 0 Å². The van der Waals surface area contributed by atoms with Crippen molar-refractivity contribution in [2.24, 2.45) is 0 Å². The second-order valence-electron chi connectivity index (χ2n) is 6.98. The fourth-order valence-corrected chi connectivity index (χ4v) is 3.81. The van der Waals surface area contributed by atoms with Gasteiger partial charge in [-0.2, -0.15) is 0 Å². The number of aromatic nitrogens is 4. The maximum atomic E-state index is 12.6. The summed E-state index contributed by atoms with van der Waals surface area (Å²) in [5.74, 6) is -0.729. The Bertz CT molecular complexity index is 1080. The van der Waals surface area contributed by atoms with Crippen LogP contribution < -0.4 is 0 Å². The standard InChI is InChI=1S/C19H17N5O4/c1-10-16-17(21-8-20-10)24(9-22-16)15-6-13(25)14(28-15)7-23-18(26)11-4-2-3-5-12(11)19(23)27/h2-5,8-9,13-15,25H,6-7H2,1H3/t13-,14+,15+/m0/s1. The van der Waals surface area contributed by atoms with Gasteiger partial charge in [0.15, 0.2) is 5.65 Å². The van der Waals surface area contributed by atoms with Gasteiger partial charge in [0.05, 0.1) is 35.8 Å². The van der Waals surface area contributed by atoms with E-state index in [0.717, 1.165) is 10.6 Å². The number of aryl methyl sites for hydroxylation is 1. The number of hydrogen-bond acceptors (Lipinski definition) is 7. The molecular weight excluding hydrogens is 362 g/mol. The number of rotatable bonds is 3. The Morgan fingerprint density at radius 3 is 2.57 bits per heavy atom. The third-order valence-corrected chi connectivity index (χ3v) is 5.30. The second-order valence-corrected chi connectivity index (χ2v) is 6.98. The van der Waals surface area contributed by atoms with Crippen LogP contribution in [0.2, 0.25) is 0 Å². The van der Waals surface area contributed by atoms with Crippen molar-refractivity contribution in [3.05, 3.63) is 53.7 Å². The highest BCUT2D eigenvalue weighted by Crippen LogP contribution is 2.33. The molecule has 1 aromatic carbocycles. The number of imide groups is 1. The van der Waals surface area contributed by atoms with Crippen molar-refractivity contribution >= 4 is 23.0 Å². The van der Waals surface area contributed by atoms with Crippen molar-refractivity contribution in [2.75, 3.05) is 6.54 Å². The molecule has 3 aromatic rings. The van der Waals surface area contributed by atoms with Crippen LogP contribution in [0.1, 0.15) is 39.1 Å². The van der Waals surface area contributed by atoms with E-state index in [1.54, 1.807) is 35.2 Å². The molecule has 0 radical (unpaired) electrons. The third kappa shape index (κ3) is 2.44. The molecule has 28 heavy (non-hydrogen) atoms. The molecule has 5 rings (SSSR count). The normalized spacial score (nSPS) is 24.4. The van der Waals surface area contributed by atoms with Crippen molar-refractivity contribution in [2.45, 2.75) is 31.8 Å². The number of hydrogen-bond donors (Lipinski definition) is 1. The van der Waals surface area contributed by atoms with E-state index in [1.165, 1.54) is 6.33 Å². The maximum absolute atomic E-state index is 12.6. The van der Waals surface area contributed by atoms with Crippen LogP contribution in [0.15, 0.2) is 36.9 Å². The molecule has 1 N–H and O–H groups in total. The Labute approximate surface area is 159 Å². The highest BCUT2D eigenvalue weighted by atomic mass is 16.5. The Morgan fingerprint density at radius 2 is 1.86 bits per heavy atom. The van der Waals surface area contributed by atoms with Gasteiger partial charge in [0.25, 0.3) is 11.8 Å². The van der Waals surface area contributed by atoms with Crippen LogP contribution >= 0.6 is 0 Å². The van der Waals surface area contributed by atoms with Gasteiger partial charge in [-0.05, 0) is 19.1 Å². The summed E-state index contributed by atoms with van der Waals surface area (Å²) in [6.45, 7) is 1.83. The maximum Gasteiger partial charge on any atom is 0.261 e. The highest BCUT2D eigenvalue weighted by molar-refractivity contribution is 6.21. The summed E-state index contributed by atoms with van der Waals surface area (Å²) >= 11 is 0. The fraction of sp³-hybridized carbons (Fsp3) is 0.316. The Morgan fingerprint density at radius 1 is 1.14 bits per heavy atom. The topological polar surface area (TPSA) is 110 Å². The molecule has 0 aliphatic carbocycles. The first-order chi connectivity index (χ1) is 13.5. The SMILES string of the molecule is Cc1ncnc2c1ncn2[C@H]1C[C@H](O)[C@@H](CN2C(=O)c3ccccc3C2=O)O1. The molecule has 0 spiro atoms. The Kier molecular flexibility index (Phi) is 3.74. The van der Waals surface area contributed by atoms with Crippen molar-refractivity contribution < 1.29 is 19.4 Å². The smallest absolute Gasteiger partial charge is 0.261 e. The first-order valence-electron chi connectivity index (χ1n) is 8.97. The number of aliphatic hydroxyl groups is 1. The number of amides is 2. The summed E-state index contributed by atoms with van der Waals surface area (Å²) in [6.07, 6.45) is 1.37. The molecule has 9 nitrogen and oxygen atoms in total. The van der Waals surface area contributed by atoms with E-state index in [-0.39, 0.29) is 18.4 Å². The molecule has 0 bridgehead atoms. The number of aliphatic hydroxyl groups excluding tert-OH is 1. The first-order valence-corrected chi connectivity index (χ1v) is 8.97.